The SMILES string of the molecule is CCC(Oc1cccc(OC)c1)C(=O)NN. The van der Waals surface area contributed by atoms with E-state index >= 15 is 0 Å². The first-order valence-electron chi connectivity index (χ1n) is 5.02. The molecule has 0 spiro atoms. The lowest BCUT2D eigenvalue weighted by Crippen LogP contribution is -2.41. The van der Waals surface area contributed by atoms with Crippen LogP contribution in [0.5, 0.6) is 11.5 Å². The Morgan fingerprint density at radius 2 is 2.19 bits per heavy atom. The molecule has 1 aromatic carbocycles. The van der Waals surface area contributed by atoms with Crippen LogP contribution in [0.25, 0.3) is 0 Å². The Kier molecular flexibility index (Phi) is 4.60. The Bertz CT molecular complexity index is 355. The molecule has 1 aromatic rings. The predicted molar refractivity (Wildman–Crippen MR) is 60.0 cm³/mol. The van der Waals surface area contributed by atoms with Gasteiger partial charge in [-0.05, 0) is 18.6 Å². The van der Waals surface area contributed by atoms with Gasteiger partial charge in [0.15, 0.2) is 6.10 Å². The largest absolute Gasteiger partial charge is 0.497 e. The Labute approximate surface area is 94.5 Å². The number of hydrogen-bond acceptors (Lipinski definition) is 4. The molecule has 0 fully saturated rings. The van der Waals surface area contributed by atoms with E-state index < -0.39 is 6.10 Å². The second-order valence-electron chi connectivity index (χ2n) is 3.20. The van der Waals surface area contributed by atoms with E-state index in [2.05, 4.69) is 5.43 Å². The number of nitrogens with two attached hydrogens (primary N) is 1. The van der Waals surface area contributed by atoms with Gasteiger partial charge in [-0.25, -0.2) is 5.84 Å². The van der Waals surface area contributed by atoms with Crippen molar-refractivity contribution < 1.29 is 14.3 Å². The van der Waals surface area contributed by atoms with Crippen LogP contribution in [-0.4, -0.2) is 19.1 Å². The molecule has 0 aliphatic heterocycles. The molecule has 0 radical (unpaired) electrons. The molecule has 1 unspecified atom stereocenters. The maximum atomic E-state index is 11.3. The molecule has 0 bridgehead atoms. The van der Waals surface area contributed by atoms with Crippen molar-refractivity contribution >= 4 is 5.91 Å². The summed E-state index contributed by atoms with van der Waals surface area (Å²) in [4.78, 5) is 11.3. The molecule has 1 atom stereocenters. The molecule has 1 amide bonds. The number of benzene rings is 1. The van der Waals surface area contributed by atoms with E-state index in [0.29, 0.717) is 17.9 Å². The molecular formula is C11H16N2O3. The van der Waals surface area contributed by atoms with Crippen LogP contribution in [0.1, 0.15) is 13.3 Å². The third-order valence-corrected chi connectivity index (χ3v) is 2.13. The summed E-state index contributed by atoms with van der Waals surface area (Å²) in [6.45, 7) is 1.85. The minimum atomic E-state index is -0.586. The van der Waals surface area contributed by atoms with E-state index in [1.807, 2.05) is 6.92 Å². The van der Waals surface area contributed by atoms with Crippen molar-refractivity contribution in [3.63, 3.8) is 0 Å². The lowest BCUT2D eigenvalue weighted by atomic mass is 10.2. The topological polar surface area (TPSA) is 73.6 Å². The number of amides is 1. The lowest BCUT2D eigenvalue weighted by molar-refractivity contribution is -0.128. The summed E-state index contributed by atoms with van der Waals surface area (Å²) in [5.41, 5.74) is 2.07. The summed E-state index contributed by atoms with van der Waals surface area (Å²) in [5, 5.41) is 0. The van der Waals surface area contributed by atoms with Crippen molar-refractivity contribution in [2.75, 3.05) is 7.11 Å². The molecule has 1 rings (SSSR count). The third kappa shape index (κ3) is 3.13. The van der Waals surface area contributed by atoms with Crippen LogP contribution in [0, 0.1) is 0 Å². The van der Waals surface area contributed by atoms with Gasteiger partial charge in [-0.3, -0.25) is 10.2 Å². The summed E-state index contributed by atoms with van der Waals surface area (Å²) in [7, 11) is 1.57. The molecule has 0 heterocycles. The van der Waals surface area contributed by atoms with Crippen molar-refractivity contribution in [2.45, 2.75) is 19.4 Å². The maximum Gasteiger partial charge on any atom is 0.274 e. The zero-order valence-electron chi connectivity index (χ0n) is 9.40. The summed E-state index contributed by atoms with van der Waals surface area (Å²) in [5.74, 6) is 5.97. The number of methoxy groups -OCH3 is 1. The van der Waals surface area contributed by atoms with Gasteiger partial charge in [-0.15, -0.1) is 0 Å². The van der Waals surface area contributed by atoms with Gasteiger partial charge >= 0.3 is 0 Å². The van der Waals surface area contributed by atoms with Crippen LogP contribution in [0.3, 0.4) is 0 Å². The molecule has 16 heavy (non-hydrogen) atoms. The van der Waals surface area contributed by atoms with Gasteiger partial charge in [0.1, 0.15) is 11.5 Å². The van der Waals surface area contributed by atoms with Crippen molar-refractivity contribution in [1.82, 2.24) is 5.43 Å². The zero-order valence-corrected chi connectivity index (χ0v) is 9.40. The molecule has 5 heteroatoms. The van der Waals surface area contributed by atoms with Gasteiger partial charge in [-0.1, -0.05) is 13.0 Å². The molecule has 0 saturated heterocycles. The molecule has 0 aromatic heterocycles. The van der Waals surface area contributed by atoms with Gasteiger partial charge in [0.25, 0.3) is 5.91 Å². The number of nitrogens with one attached hydrogen (secondary N) is 1. The average Bonchev–Trinajstić information content (AvgIpc) is 2.35. The van der Waals surface area contributed by atoms with E-state index in [4.69, 9.17) is 15.3 Å². The molecule has 3 N–H and O–H groups in total. The van der Waals surface area contributed by atoms with Gasteiger partial charge in [0, 0.05) is 6.07 Å². The highest BCUT2D eigenvalue weighted by Gasteiger charge is 2.16. The van der Waals surface area contributed by atoms with Crippen LogP contribution in [-0.2, 0) is 4.79 Å². The number of carbonyl (C=O) groups is 1. The van der Waals surface area contributed by atoms with Crippen LogP contribution in [0.4, 0.5) is 0 Å². The first-order chi connectivity index (χ1) is 7.71. The molecule has 0 aliphatic carbocycles. The van der Waals surface area contributed by atoms with Crippen LogP contribution in [0.2, 0.25) is 0 Å². The van der Waals surface area contributed by atoms with E-state index in [9.17, 15) is 4.79 Å². The first-order valence-corrected chi connectivity index (χ1v) is 5.02. The van der Waals surface area contributed by atoms with Gasteiger partial charge in [-0.2, -0.15) is 0 Å². The molecule has 88 valence electrons. The smallest absolute Gasteiger partial charge is 0.274 e. The van der Waals surface area contributed by atoms with Crippen molar-refractivity contribution in [3.8, 4) is 11.5 Å². The summed E-state index contributed by atoms with van der Waals surface area (Å²) < 4.78 is 10.5. The third-order valence-electron chi connectivity index (χ3n) is 2.13. The summed E-state index contributed by atoms with van der Waals surface area (Å²) in [6.07, 6.45) is -0.0441. The molecule has 0 saturated carbocycles. The first kappa shape index (κ1) is 12.3. The summed E-state index contributed by atoms with van der Waals surface area (Å²) in [6, 6.07) is 7.07. The van der Waals surface area contributed by atoms with Gasteiger partial charge in [0.2, 0.25) is 0 Å². The number of ether oxygens (including phenoxy) is 2. The fraction of sp³-hybridized carbons (Fsp3) is 0.364. The standard InChI is InChI=1S/C11H16N2O3/c1-3-10(11(14)13-12)16-9-6-4-5-8(7-9)15-2/h4-7,10H,3,12H2,1-2H3,(H,13,14). The van der Waals surface area contributed by atoms with Crippen LogP contribution < -0.4 is 20.7 Å². The molecular weight excluding hydrogens is 208 g/mol. The Hall–Kier alpha value is -1.75. The highest BCUT2D eigenvalue weighted by Crippen LogP contribution is 2.20. The number of hydrogen-bond donors (Lipinski definition) is 2. The quantitative estimate of drug-likeness (QED) is 0.441. The molecule has 0 aliphatic rings. The van der Waals surface area contributed by atoms with Crippen molar-refractivity contribution in [3.05, 3.63) is 24.3 Å². The summed E-state index contributed by atoms with van der Waals surface area (Å²) >= 11 is 0. The minimum absolute atomic E-state index is 0.342. The van der Waals surface area contributed by atoms with Crippen LogP contribution >= 0.6 is 0 Å². The van der Waals surface area contributed by atoms with Crippen molar-refractivity contribution in [2.24, 2.45) is 5.84 Å². The maximum absolute atomic E-state index is 11.3. The highest BCUT2D eigenvalue weighted by atomic mass is 16.5. The number of carbonyl (C=O) groups excluding carboxylic acids is 1. The lowest BCUT2D eigenvalue weighted by Gasteiger charge is -2.16. The van der Waals surface area contributed by atoms with E-state index in [1.54, 1.807) is 31.4 Å². The Morgan fingerprint density at radius 1 is 1.50 bits per heavy atom. The monoisotopic (exact) mass is 224 g/mol. The fourth-order valence-corrected chi connectivity index (χ4v) is 1.25. The van der Waals surface area contributed by atoms with Gasteiger partial charge < -0.3 is 9.47 Å². The van der Waals surface area contributed by atoms with Gasteiger partial charge in [0.05, 0.1) is 7.11 Å². The molecule has 5 nitrogen and oxygen atoms in total. The second-order valence-corrected chi connectivity index (χ2v) is 3.20. The predicted octanol–water partition coefficient (Wildman–Crippen LogP) is 0.843. The van der Waals surface area contributed by atoms with E-state index in [0.717, 1.165) is 0 Å². The van der Waals surface area contributed by atoms with Crippen molar-refractivity contribution in [1.29, 1.82) is 0 Å². The fourth-order valence-electron chi connectivity index (χ4n) is 1.25. The van der Waals surface area contributed by atoms with E-state index in [-0.39, 0.29) is 5.91 Å². The second kappa shape index (κ2) is 5.97. The number of hydrazine groups is 1. The highest BCUT2D eigenvalue weighted by molar-refractivity contribution is 5.80. The number of rotatable bonds is 5. The average molecular weight is 224 g/mol. The Balaban J connectivity index is 2.73. The normalized spacial score (nSPS) is 11.7. The van der Waals surface area contributed by atoms with Crippen LogP contribution in [0.15, 0.2) is 24.3 Å². The van der Waals surface area contributed by atoms with E-state index in [1.165, 1.54) is 0 Å². The minimum Gasteiger partial charge on any atom is -0.497 e. The zero-order chi connectivity index (χ0) is 12.0. The Morgan fingerprint density at radius 3 is 2.75 bits per heavy atom.